The first-order valence-electron chi connectivity index (χ1n) is 9.71. The van der Waals surface area contributed by atoms with Crippen LogP contribution in [0.3, 0.4) is 0 Å². The highest BCUT2D eigenvalue weighted by atomic mass is 16.5. The Morgan fingerprint density at radius 3 is 2.43 bits per heavy atom. The quantitative estimate of drug-likeness (QED) is 0.724. The van der Waals surface area contributed by atoms with Gasteiger partial charge in [0.1, 0.15) is 11.8 Å². The van der Waals surface area contributed by atoms with Gasteiger partial charge in [-0.25, -0.2) is 0 Å². The molecule has 0 radical (unpaired) electrons. The minimum absolute atomic E-state index is 0.0907. The van der Waals surface area contributed by atoms with Gasteiger partial charge in [0.2, 0.25) is 5.91 Å². The minimum atomic E-state index is -0.511. The number of hydrogen-bond acceptors (Lipinski definition) is 3. The molecule has 0 heterocycles. The van der Waals surface area contributed by atoms with Gasteiger partial charge in [0, 0.05) is 13.6 Å². The van der Waals surface area contributed by atoms with Gasteiger partial charge in [-0.3, -0.25) is 9.59 Å². The first kappa shape index (κ1) is 21.5. The Morgan fingerprint density at radius 2 is 1.79 bits per heavy atom. The largest absolute Gasteiger partial charge is 0.483 e. The minimum Gasteiger partial charge on any atom is -0.483 e. The molecule has 2 rings (SSSR count). The molecule has 1 atom stereocenters. The predicted octanol–water partition coefficient (Wildman–Crippen LogP) is 3.28. The molecule has 0 spiro atoms. The number of carbonyl (C=O) groups excluding carboxylic acids is 2. The molecule has 2 aromatic rings. The van der Waals surface area contributed by atoms with Gasteiger partial charge < -0.3 is 15.0 Å². The van der Waals surface area contributed by atoms with Gasteiger partial charge in [-0.15, -0.1) is 0 Å². The number of nitrogens with zero attached hydrogens (tertiary/aromatic N) is 1. The number of likely N-dealkylation sites (N-methyl/N-ethyl adjacent to an activating group) is 1. The number of nitrogens with one attached hydrogen (secondary N) is 1. The lowest BCUT2D eigenvalue weighted by atomic mass is 10.1. The molecule has 0 bridgehead atoms. The molecule has 0 aromatic heterocycles. The highest BCUT2D eigenvalue weighted by Crippen LogP contribution is 2.20. The van der Waals surface area contributed by atoms with Crippen LogP contribution in [-0.4, -0.2) is 43.0 Å². The maximum atomic E-state index is 13.0. The highest BCUT2D eigenvalue weighted by molar-refractivity contribution is 5.88. The Labute approximate surface area is 167 Å². The summed E-state index contributed by atoms with van der Waals surface area (Å²) < 4.78 is 5.80. The van der Waals surface area contributed by atoms with Crippen molar-refractivity contribution in [1.82, 2.24) is 10.2 Å². The number of aryl methyl sites for hydroxylation is 1. The molecule has 5 nitrogen and oxygen atoms in total. The third kappa shape index (κ3) is 5.59. The number of hydrogen-bond donors (Lipinski definition) is 1. The summed E-state index contributed by atoms with van der Waals surface area (Å²) in [5.74, 6) is 0.354. The molecule has 0 saturated carbocycles. The summed E-state index contributed by atoms with van der Waals surface area (Å²) in [5.41, 5.74) is 3.26. The second kappa shape index (κ2) is 10.5. The average Bonchev–Trinajstić information content (AvgIpc) is 2.72. The van der Waals surface area contributed by atoms with E-state index >= 15 is 0 Å². The van der Waals surface area contributed by atoms with Gasteiger partial charge in [0.05, 0.1) is 0 Å². The van der Waals surface area contributed by atoms with Crippen molar-refractivity contribution < 1.29 is 14.3 Å². The van der Waals surface area contributed by atoms with Gasteiger partial charge in [0.15, 0.2) is 6.61 Å². The standard InChI is InChI=1S/C23H30N2O3/c1-5-20(23(27)24-4)25(15-14-19-11-7-6-8-12-19)22(26)16-28-21-13-9-10-17(2)18(21)3/h6-13,20H,5,14-16H2,1-4H3,(H,24,27). The van der Waals surface area contributed by atoms with Crippen molar-refractivity contribution in [3.8, 4) is 5.75 Å². The Morgan fingerprint density at radius 1 is 1.07 bits per heavy atom. The van der Waals surface area contributed by atoms with Crippen molar-refractivity contribution in [2.75, 3.05) is 20.2 Å². The summed E-state index contributed by atoms with van der Waals surface area (Å²) >= 11 is 0. The van der Waals surface area contributed by atoms with Gasteiger partial charge in [-0.1, -0.05) is 49.4 Å². The molecule has 5 heteroatoms. The topological polar surface area (TPSA) is 58.6 Å². The van der Waals surface area contributed by atoms with Crippen LogP contribution >= 0.6 is 0 Å². The molecule has 0 fully saturated rings. The van der Waals surface area contributed by atoms with Gasteiger partial charge in [0.25, 0.3) is 5.91 Å². The highest BCUT2D eigenvalue weighted by Gasteiger charge is 2.28. The maximum absolute atomic E-state index is 13.0. The summed E-state index contributed by atoms with van der Waals surface area (Å²) in [4.78, 5) is 26.9. The van der Waals surface area contributed by atoms with Crippen molar-refractivity contribution in [3.05, 3.63) is 65.2 Å². The summed E-state index contributed by atoms with van der Waals surface area (Å²) in [5, 5.41) is 2.67. The smallest absolute Gasteiger partial charge is 0.261 e. The lowest BCUT2D eigenvalue weighted by Crippen LogP contribution is -2.50. The monoisotopic (exact) mass is 382 g/mol. The van der Waals surface area contributed by atoms with Gasteiger partial charge in [-0.05, 0) is 49.4 Å². The van der Waals surface area contributed by atoms with E-state index in [0.717, 1.165) is 16.7 Å². The molecule has 1 unspecified atom stereocenters. The van der Waals surface area contributed by atoms with E-state index in [-0.39, 0.29) is 18.4 Å². The molecule has 28 heavy (non-hydrogen) atoms. The van der Waals surface area contributed by atoms with Gasteiger partial charge >= 0.3 is 0 Å². The van der Waals surface area contributed by atoms with Crippen LogP contribution in [-0.2, 0) is 16.0 Å². The van der Waals surface area contributed by atoms with Crippen molar-refractivity contribution in [3.63, 3.8) is 0 Å². The Hall–Kier alpha value is -2.82. The fourth-order valence-electron chi connectivity index (χ4n) is 3.17. The van der Waals surface area contributed by atoms with Crippen LogP contribution < -0.4 is 10.1 Å². The second-order valence-corrected chi connectivity index (χ2v) is 6.85. The second-order valence-electron chi connectivity index (χ2n) is 6.85. The Kier molecular flexibility index (Phi) is 8.05. The molecule has 2 amide bonds. The number of rotatable bonds is 9. The van der Waals surface area contributed by atoms with E-state index in [1.165, 1.54) is 0 Å². The molecule has 0 aliphatic carbocycles. The van der Waals surface area contributed by atoms with Crippen LogP contribution in [0.4, 0.5) is 0 Å². The molecule has 1 N–H and O–H groups in total. The summed E-state index contributed by atoms with van der Waals surface area (Å²) in [7, 11) is 1.59. The fourth-order valence-corrected chi connectivity index (χ4v) is 3.17. The zero-order chi connectivity index (χ0) is 20.5. The number of ether oxygens (including phenoxy) is 1. The van der Waals surface area contributed by atoms with E-state index in [2.05, 4.69) is 5.32 Å². The van der Waals surface area contributed by atoms with Crippen molar-refractivity contribution in [2.45, 2.75) is 39.7 Å². The van der Waals surface area contributed by atoms with Gasteiger partial charge in [-0.2, -0.15) is 0 Å². The van der Waals surface area contributed by atoms with E-state index in [4.69, 9.17) is 4.74 Å². The maximum Gasteiger partial charge on any atom is 0.261 e. The number of amides is 2. The van der Waals surface area contributed by atoms with Crippen LogP contribution in [0.25, 0.3) is 0 Å². The third-order valence-electron chi connectivity index (χ3n) is 5.02. The fraction of sp³-hybridized carbons (Fsp3) is 0.391. The van der Waals surface area contributed by atoms with Crippen molar-refractivity contribution in [2.24, 2.45) is 0 Å². The van der Waals surface area contributed by atoms with Crippen molar-refractivity contribution in [1.29, 1.82) is 0 Å². The van der Waals surface area contributed by atoms with E-state index in [0.29, 0.717) is 25.1 Å². The first-order chi connectivity index (χ1) is 13.5. The predicted molar refractivity (Wildman–Crippen MR) is 111 cm³/mol. The zero-order valence-electron chi connectivity index (χ0n) is 17.2. The van der Waals surface area contributed by atoms with E-state index in [9.17, 15) is 9.59 Å². The number of benzene rings is 2. The van der Waals surface area contributed by atoms with Crippen molar-refractivity contribution >= 4 is 11.8 Å². The molecular weight excluding hydrogens is 352 g/mol. The first-order valence-corrected chi connectivity index (χ1v) is 9.71. The third-order valence-corrected chi connectivity index (χ3v) is 5.02. The van der Waals surface area contributed by atoms with Crippen LogP contribution in [0.2, 0.25) is 0 Å². The molecule has 2 aromatic carbocycles. The Bertz CT molecular complexity index is 790. The van der Waals surface area contributed by atoms with Crippen LogP contribution in [0.1, 0.15) is 30.0 Å². The summed E-state index contributed by atoms with van der Waals surface area (Å²) in [6.45, 7) is 6.27. The molecule has 150 valence electrons. The van der Waals surface area contributed by atoms with E-state index in [1.54, 1.807) is 11.9 Å². The van der Waals surface area contributed by atoms with Crippen LogP contribution in [0, 0.1) is 13.8 Å². The van der Waals surface area contributed by atoms with Crippen LogP contribution in [0.5, 0.6) is 5.75 Å². The van der Waals surface area contributed by atoms with E-state index in [1.807, 2.05) is 69.3 Å². The van der Waals surface area contributed by atoms with Crippen LogP contribution in [0.15, 0.2) is 48.5 Å². The molecular formula is C23H30N2O3. The SMILES string of the molecule is CCC(C(=O)NC)N(CCc1ccccc1)C(=O)COc1cccc(C)c1C. The summed E-state index contributed by atoms with van der Waals surface area (Å²) in [6, 6.07) is 15.2. The zero-order valence-corrected chi connectivity index (χ0v) is 17.2. The molecule has 0 aliphatic heterocycles. The number of carbonyl (C=O) groups is 2. The average molecular weight is 383 g/mol. The molecule has 0 aliphatic rings. The molecule has 0 saturated heterocycles. The van der Waals surface area contributed by atoms with E-state index < -0.39 is 6.04 Å². The summed E-state index contributed by atoms with van der Waals surface area (Å²) in [6.07, 6.45) is 1.23. The normalized spacial score (nSPS) is 11.6. The lowest BCUT2D eigenvalue weighted by molar-refractivity contribution is -0.142. The lowest BCUT2D eigenvalue weighted by Gasteiger charge is -2.30. The Balaban J connectivity index is 2.12.